The average molecular weight is 723 g/mol. The van der Waals surface area contributed by atoms with Gasteiger partial charge in [-0.2, -0.15) is 0 Å². The van der Waals surface area contributed by atoms with Gasteiger partial charge in [0, 0.05) is 41.4 Å². The SMILES string of the molecule is COc1cccc2c1CN(c1ccc(Cl)cc1)C[N@@+]1(CC(=O)Nc3ccc(I)cc3C(=O)c3ccccc3)CSC(C)=C21. The number of rotatable bonds is 7. The third-order valence-electron chi connectivity index (χ3n) is 7.91. The number of anilines is 2. The summed E-state index contributed by atoms with van der Waals surface area (Å²) in [6.07, 6.45) is 0. The second-order valence-electron chi connectivity index (χ2n) is 10.7. The minimum Gasteiger partial charge on any atom is -0.496 e. The summed E-state index contributed by atoms with van der Waals surface area (Å²) in [6, 6.07) is 28.7. The molecule has 2 aliphatic rings. The first kappa shape index (κ1) is 29.7. The molecule has 1 atom stereocenters. The fourth-order valence-electron chi connectivity index (χ4n) is 5.98. The van der Waals surface area contributed by atoms with Crippen molar-refractivity contribution < 1.29 is 18.8 Å². The van der Waals surface area contributed by atoms with Crippen LogP contribution in [0.4, 0.5) is 11.4 Å². The van der Waals surface area contributed by atoms with Gasteiger partial charge in [-0.05, 0) is 84.1 Å². The number of hydrogen-bond acceptors (Lipinski definition) is 5. The third kappa shape index (κ3) is 5.93. The van der Waals surface area contributed by atoms with E-state index in [0.717, 1.165) is 31.8 Å². The Kier molecular flexibility index (Phi) is 8.55. The van der Waals surface area contributed by atoms with Gasteiger partial charge >= 0.3 is 0 Å². The highest BCUT2D eigenvalue weighted by Gasteiger charge is 2.47. The van der Waals surface area contributed by atoms with Gasteiger partial charge in [-0.15, -0.1) is 0 Å². The summed E-state index contributed by atoms with van der Waals surface area (Å²) >= 11 is 10.2. The first-order valence-electron chi connectivity index (χ1n) is 13.8. The number of benzene rings is 4. The standard InChI is InChI=1S/C34H29ClIN3O3S/c1-22-33-27-9-6-10-31(42-2)29(27)18-38(26-14-11-24(35)12-15-26)20-39(33,21-43-22)19-32(40)37-30-16-13-25(36)17-28(30)34(41)23-7-4-3-5-8-23/h3-17H,18-21H2,1-2H3/p+1/t39-/m0/s1. The number of hydrogen-bond donors (Lipinski definition) is 1. The van der Waals surface area contributed by atoms with Crippen LogP contribution in [-0.2, 0) is 11.3 Å². The summed E-state index contributed by atoms with van der Waals surface area (Å²) < 4.78 is 7.18. The van der Waals surface area contributed by atoms with Crippen molar-refractivity contribution in [3.05, 3.63) is 127 Å². The Morgan fingerprint density at radius 2 is 1.79 bits per heavy atom. The van der Waals surface area contributed by atoms with Crippen molar-refractivity contribution in [1.29, 1.82) is 0 Å². The van der Waals surface area contributed by atoms with Crippen molar-refractivity contribution in [2.45, 2.75) is 13.5 Å². The van der Waals surface area contributed by atoms with Crippen molar-refractivity contribution >= 4 is 74.7 Å². The molecule has 6 nitrogen and oxygen atoms in total. The number of carbonyl (C=O) groups excluding carboxylic acids is 2. The first-order chi connectivity index (χ1) is 20.8. The normalized spacial score (nSPS) is 17.6. The summed E-state index contributed by atoms with van der Waals surface area (Å²) in [4.78, 5) is 31.0. The molecule has 0 saturated heterocycles. The van der Waals surface area contributed by atoms with Gasteiger partial charge in [-0.1, -0.05) is 59.8 Å². The zero-order valence-corrected chi connectivity index (χ0v) is 27.5. The molecule has 218 valence electrons. The van der Waals surface area contributed by atoms with Crippen molar-refractivity contribution in [1.82, 2.24) is 0 Å². The molecule has 4 aromatic rings. The molecule has 0 fully saturated rings. The van der Waals surface area contributed by atoms with Crippen LogP contribution in [-0.4, -0.2) is 42.4 Å². The molecule has 9 heteroatoms. The summed E-state index contributed by atoms with van der Waals surface area (Å²) in [6.45, 7) is 3.53. The highest BCUT2D eigenvalue weighted by molar-refractivity contribution is 14.1. The average Bonchev–Trinajstić information content (AvgIpc) is 3.24. The molecule has 0 aliphatic carbocycles. The number of ether oxygens (including phenoxy) is 1. The van der Waals surface area contributed by atoms with Crippen molar-refractivity contribution in [2.24, 2.45) is 0 Å². The maximum absolute atomic E-state index is 14.0. The van der Waals surface area contributed by atoms with Crippen LogP contribution in [0.25, 0.3) is 5.70 Å². The number of nitrogens with zero attached hydrogens (tertiary/aromatic N) is 2. The number of amides is 1. The maximum atomic E-state index is 14.0. The van der Waals surface area contributed by atoms with Crippen molar-refractivity contribution in [3.8, 4) is 5.75 Å². The molecule has 0 saturated carbocycles. The Bertz CT molecular complexity index is 1750. The highest BCUT2D eigenvalue weighted by atomic mass is 127. The summed E-state index contributed by atoms with van der Waals surface area (Å²) in [5.74, 6) is 1.25. The minimum atomic E-state index is -0.154. The molecule has 0 bridgehead atoms. The van der Waals surface area contributed by atoms with Gasteiger partial charge in [0.2, 0.25) is 0 Å². The van der Waals surface area contributed by atoms with E-state index < -0.39 is 0 Å². The van der Waals surface area contributed by atoms with E-state index in [2.05, 4.69) is 45.8 Å². The van der Waals surface area contributed by atoms with E-state index >= 15 is 0 Å². The summed E-state index contributed by atoms with van der Waals surface area (Å²) in [5, 5.41) is 3.79. The molecule has 2 aliphatic heterocycles. The number of ketones is 1. The van der Waals surface area contributed by atoms with Gasteiger partial charge in [0.1, 0.15) is 11.6 Å². The van der Waals surface area contributed by atoms with Crippen LogP contribution in [0.2, 0.25) is 5.02 Å². The van der Waals surface area contributed by atoms with Crippen LogP contribution in [0, 0.1) is 3.57 Å². The monoisotopic (exact) mass is 722 g/mol. The number of methoxy groups -OCH3 is 1. The molecule has 6 rings (SSSR count). The quantitative estimate of drug-likeness (QED) is 0.119. The number of fused-ring (bicyclic) bond motifs is 3. The molecular weight excluding hydrogens is 693 g/mol. The predicted octanol–water partition coefficient (Wildman–Crippen LogP) is 8.01. The van der Waals surface area contributed by atoms with E-state index in [-0.39, 0.29) is 18.2 Å². The smallest absolute Gasteiger partial charge is 0.280 e. The van der Waals surface area contributed by atoms with Crippen LogP contribution < -0.4 is 15.0 Å². The molecule has 4 aromatic carbocycles. The van der Waals surface area contributed by atoms with Gasteiger partial charge in [0.25, 0.3) is 5.91 Å². The second-order valence-corrected chi connectivity index (χ2v) is 13.6. The van der Waals surface area contributed by atoms with Gasteiger partial charge < -0.3 is 15.0 Å². The topological polar surface area (TPSA) is 58.6 Å². The number of nitrogens with one attached hydrogen (secondary N) is 1. The fraction of sp³-hybridized carbons (Fsp3) is 0.176. The second kappa shape index (κ2) is 12.4. The van der Waals surface area contributed by atoms with Crippen LogP contribution in [0.3, 0.4) is 0 Å². The van der Waals surface area contributed by atoms with E-state index in [1.807, 2.05) is 72.8 Å². The van der Waals surface area contributed by atoms with Crippen LogP contribution in [0.1, 0.15) is 34.0 Å². The van der Waals surface area contributed by atoms with Gasteiger partial charge in [-0.25, -0.2) is 0 Å². The van der Waals surface area contributed by atoms with Gasteiger partial charge in [-0.3, -0.25) is 14.1 Å². The Morgan fingerprint density at radius 1 is 1.02 bits per heavy atom. The van der Waals surface area contributed by atoms with Crippen molar-refractivity contribution in [3.63, 3.8) is 0 Å². The Labute approximate surface area is 274 Å². The molecular formula is C34H30ClIN3O3S+. The molecule has 0 aromatic heterocycles. The zero-order chi connectivity index (χ0) is 30.1. The van der Waals surface area contributed by atoms with Crippen molar-refractivity contribution in [2.75, 3.05) is 36.4 Å². The van der Waals surface area contributed by atoms with E-state index in [0.29, 0.717) is 45.4 Å². The third-order valence-corrected chi connectivity index (χ3v) is 10.1. The molecule has 0 spiro atoms. The molecule has 1 N–H and O–H groups in total. The minimum absolute atomic E-state index is 0.126. The lowest BCUT2D eigenvalue weighted by molar-refractivity contribution is -0.835. The largest absolute Gasteiger partial charge is 0.496 e. The van der Waals surface area contributed by atoms with E-state index in [1.54, 1.807) is 31.0 Å². The predicted molar refractivity (Wildman–Crippen MR) is 183 cm³/mol. The maximum Gasteiger partial charge on any atom is 0.280 e. The zero-order valence-electron chi connectivity index (χ0n) is 23.8. The number of halogens is 2. The van der Waals surface area contributed by atoms with E-state index in [1.165, 1.54) is 4.91 Å². The van der Waals surface area contributed by atoms with Crippen LogP contribution in [0.5, 0.6) is 5.75 Å². The number of allylic oxidation sites excluding steroid dienone is 1. The number of carbonyl (C=O) groups is 2. The Morgan fingerprint density at radius 3 is 2.53 bits per heavy atom. The lowest BCUT2D eigenvalue weighted by Gasteiger charge is -2.37. The molecule has 0 radical (unpaired) electrons. The number of quaternary nitrogens is 1. The van der Waals surface area contributed by atoms with E-state index in [4.69, 9.17) is 16.3 Å². The summed E-state index contributed by atoms with van der Waals surface area (Å²) in [7, 11) is 1.70. The lowest BCUT2D eigenvalue weighted by atomic mass is 10.0. The molecule has 43 heavy (non-hydrogen) atoms. The van der Waals surface area contributed by atoms with Crippen LogP contribution >= 0.6 is 46.0 Å². The first-order valence-corrected chi connectivity index (χ1v) is 16.3. The van der Waals surface area contributed by atoms with E-state index in [9.17, 15) is 9.59 Å². The van der Waals surface area contributed by atoms with Gasteiger partial charge in [0.05, 0.1) is 19.3 Å². The highest BCUT2D eigenvalue weighted by Crippen LogP contribution is 2.49. The van der Waals surface area contributed by atoms with Crippen LogP contribution in [0.15, 0.2) is 95.9 Å². The molecule has 2 heterocycles. The Hall–Kier alpha value is -3.31. The van der Waals surface area contributed by atoms with Gasteiger partial charge in [0.15, 0.2) is 24.7 Å². The Balaban J connectivity index is 1.38. The fourth-order valence-corrected chi connectivity index (χ4v) is 7.78. The summed E-state index contributed by atoms with van der Waals surface area (Å²) in [5.41, 5.74) is 5.90. The number of thioether (sulfide) groups is 1. The lowest BCUT2D eigenvalue weighted by Crippen LogP contribution is -2.53. The molecule has 1 amide bonds. The molecule has 0 unspecified atom stereocenters.